The summed E-state index contributed by atoms with van der Waals surface area (Å²) in [7, 11) is 0. The monoisotopic (exact) mass is 210 g/mol. The summed E-state index contributed by atoms with van der Waals surface area (Å²) < 4.78 is 5.47. The molecule has 0 saturated heterocycles. The highest BCUT2D eigenvalue weighted by Crippen LogP contribution is 2.15. The molecule has 0 amide bonds. The normalized spacial score (nSPS) is 10.8. The van der Waals surface area contributed by atoms with Gasteiger partial charge in [0, 0.05) is 0 Å². The predicted octanol–water partition coefficient (Wildman–Crippen LogP) is 4.40. The van der Waals surface area contributed by atoms with Gasteiger partial charge < -0.3 is 4.42 Å². The van der Waals surface area contributed by atoms with E-state index >= 15 is 0 Å². The van der Waals surface area contributed by atoms with Crippen LogP contribution in [0.5, 0.6) is 0 Å². The summed E-state index contributed by atoms with van der Waals surface area (Å²) in [6.45, 7) is 5.73. The fourth-order valence-electron chi connectivity index (χ4n) is 1.56. The number of hydrogen-bond acceptors (Lipinski definition) is 1. The number of aryl methyl sites for hydroxylation is 1. The highest BCUT2D eigenvalue weighted by atomic mass is 16.3. The van der Waals surface area contributed by atoms with Crippen molar-refractivity contribution in [1.82, 2.24) is 0 Å². The van der Waals surface area contributed by atoms with Crippen molar-refractivity contribution >= 4 is 18.2 Å². The number of furan rings is 1. The fourth-order valence-corrected chi connectivity index (χ4v) is 1.56. The molecular formula is C15H14O. The van der Waals surface area contributed by atoms with Gasteiger partial charge in [-0.3, -0.25) is 0 Å². The Morgan fingerprint density at radius 3 is 2.38 bits per heavy atom. The van der Waals surface area contributed by atoms with E-state index in [1.165, 1.54) is 0 Å². The second kappa shape index (κ2) is 4.67. The van der Waals surface area contributed by atoms with Crippen molar-refractivity contribution in [3.8, 4) is 0 Å². The Balaban J connectivity index is 2.26. The van der Waals surface area contributed by atoms with Crippen LogP contribution < -0.4 is 0 Å². The zero-order chi connectivity index (χ0) is 11.4. The van der Waals surface area contributed by atoms with Crippen molar-refractivity contribution in [2.75, 3.05) is 0 Å². The van der Waals surface area contributed by atoms with Gasteiger partial charge in [-0.2, -0.15) is 0 Å². The summed E-state index contributed by atoms with van der Waals surface area (Å²) in [6.07, 6.45) is 5.86. The van der Waals surface area contributed by atoms with E-state index < -0.39 is 0 Å². The Hall–Kier alpha value is -2.02. The average Bonchev–Trinajstić information content (AvgIpc) is 2.73. The van der Waals surface area contributed by atoms with Crippen molar-refractivity contribution < 1.29 is 4.42 Å². The van der Waals surface area contributed by atoms with Crippen LogP contribution in [0.25, 0.3) is 18.2 Å². The lowest BCUT2D eigenvalue weighted by Crippen LogP contribution is -1.77. The van der Waals surface area contributed by atoms with Gasteiger partial charge >= 0.3 is 0 Å². The van der Waals surface area contributed by atoms with Gasteiger partial charge in [-0.25, -0.2) is 0 Å². The van der Waals surface area contributed by atoms with E-state index in [2.05, 4.69) is 12.6 Å². The third-order valence-corrected chi connectivity index (χ3v) is 2.40. The van der Waals surface area contributed by atoms with E-state index in [9.17, 15) is 0 Å². The topological polar surface area (TPSA) is 13.1 Å². The molecule has 1 heterocycles. The molecule has 1 aromatic carbocycles. The summed E-state index contributed by atoms with van der Waals surface area (Å²) in [4.78, 5) is 0. The van der Waals surface area contributed by atoms with Gasteiger partial charge in [0.1, 0.15) is 11.5 Å². The van der Waals surface area contributed by atoms with Gasteiger partial charge in [-0.1, -0.05) is 43.0 Å². The van der Waals surface area contributed by atoms with Gasteiger partial charge in [-0.15, -0.1) is 0 Å². The van der Waals surface area contributed by atoms with Gasteiger partial charge in [-0.05, 0) is 36.3 Å². The van der Waals surface area contributed by atoms with Gasteiger partial charge in [0.15, 0.2) is 0 Å². The first-order chi connectivity index (χ1) is 7.79. The molecule has 0 fully saturated rings. The van der Waals surface area contributed by atoms with E-state index in [1.54, 1.807) is 0 Å². The molecule has 2 rings (SSSR count). The van der Waals surface area contributed by atoms with E-state index in [0.717, 1.165) is 22.6 Å². The van der Waals surface area contributed by atoms with E-state index in [-0.39, 0.29) is 0 Å². The molecule has 0 saturated carbocycles. The first-order valence-electron chi connectivity index (χ1n) is 5.25. The minimum absolute atomic E-state index is 0.872. The zero-order valence-electron chi connectivity index (χ0n) is 9.31. The van der Waals surface area contributed by atoms with Crippen LogP contribution in [0.3, 0.4) is 0 Å². The molecule has 1 aromatic heterocycles. The Labute approximate surface area is 95.7 Å². The number of hydrogen-bond donors (Lipinski definition) is 0. The van der Waals surface area contributed by atoms with Crippen LogP contribution in [-0.2, 0) is 0 Å². The fraction of sp³-hybridized carbons (Fsp3) is 0.0667. The molecule has 16 heavy (non-hydrogen) atoms. The molecular weight excluding hydrogens is 196 g/mol. The summed E-state index contributed by atoms with van der Waals surface area (Å²) in [5.74, 6) is 1.80. The summed E-state index contributed by atoms with van der Waals surface area (Å²) in [5, 5.41) is 0. The zero-order valence-corrected chi connectivity index (χ0v) is 9.31. The van der Waals surface area contributed by atoms with Crippen molar-refractivity contribution in [1.29, 1.82) is 0 Å². The molecule has 80 valence electrons. The standard InChI is InChI=1S/C15H14O/c1-3-13-6-4-5-7-14(13)9-11-15-10-8-12(2)16-15/h3-11H,1H2,2H3/b11-9-. The maximum Gasteiger partial charge on any atom is 0.127 e. The second-order valence-corrected chi connectivity index (χ2v) is 3.61. The first-order valence-corrected chi connectivity index (χ1v) is 5.25. The molecule has 1 heteroatoms. The predicted molar refractivity (Wildman–Crippen MR) is 68.9 cm³/mol. The Morgan fingerprint density at radius 1 is 1.00 bits per heavy atom. The molecule has 1 nitrogen and oxygen atoms in total. The Bertz CT molecular complexity index is 518. The number of rotatable bonds is 3. The quantitative estimate of drug-likeness (QED) is 0.731. The van der Waals surface area contributed by atoms with Crippen molar-refractivity contribution in [2.24, 2.45) is 0 Å². The average molecular weight is 210 g/mol. The third-order valence-electron chi connectivity index (χ3n) is 2.40. The maximum absolute atomic E-state index is 5.47. The third kappa shape index (κ3) is 2.31. The lowest BCUT2D eigenvalue weighted by Gasteiger charge is -1.98. The van der Waals surface area contributed by atoms with Crippen molar-refractivity contribution in [3.63, 3.8) is 0 Å². The highest BCUT2D eigenvalue weighted by molar-refractivity contribution is 5.73. The molecule has 0 bridgehead atoms. The molecule has 0 aliphatic heterocycles. The molecule has 0 radical (unpaired) electrons. The maximum atomic E-state index is 5.47. The Kier molecular flexibility index (Phi) is 3.06. The minimum atomic E-state index is 0.872. The molecule has 0 aliphatic rings. The van der Waals surface area contributed by atoms with Crippen LogP contribution >= 0.6 is 0 Å². The molecule has 0 N–H and O–H groups in total. The lowest BCUT2D eigenvalue weighted by atomic mass is 10.1. The van der Waals surface area contributed by atoms with Crippen LogP contribution in [0, 0.1) is 6.92 Å². The lowest BCUT2D eigenvalue weighted by molar-refractivity contribution is 0.525. The van der Waals surface area contributed by atoms with Crippen LogP contribution in [0.2, 0.25) is 0 Å². The van der Waals surface area contributed by atoms with Gasteiger partial charge in [0.2, 0.25) is 0 Å². The van der Waals surface area contributed by atoms with Gasteiger partial charge in [0.25, 0.3) is 0 Å². The smallest absolute Gasteiger partial charge is 0.127 e. The van der Waals surface area contributed by atoms with Crippen LogP contribution in [0.4, 0.5) is 0 Å². The molecule has 0 atom stereocenters. The van der Waals surface area contributed by atoms with Crippen LogP contribution in [0.1, 0.15) is 22.6 Å². The molecule has 0 spiro atoms. The van der Waals surface area contributed by atoms with E-state index in [4.69, 9.17) is 4.42 Å². The second-order valence-electron chi connectivity index (χ2n) is 3.61. The molecule has 2 aromatic rings. The van der Waals surface area contributed by atoms with Crippen LogP contribution in [-0.4, -0.2) is 0 Å². The van der Waals surface area contributed by atoms with E-state index in [0.29, 0.717) is 0 Å². The van der Waals surface area contributed by atoms with Crippen LogP contribution in [0.15, 0.2) is 47.4 Å². The summed E-state index contributed by atoms with van der Waals surface area (Å²) in [6, 6.07) is 12.0. The summed E-state index contributed by atoms with van der Waals surface area (Å²) >= 11 is 0. The largest absolute Gasteiger partial charge is 0.462 e. The number of benzene rings is 1. The van der Waals surface area contributed by atoms with E-state index in [1.807, 2.05) is 55.5 Å². The Morgan fingerprint density at radius 2 is 1.75 bits per heavy atom. The van der Waals surface area contributed by atoms with Crippen molar-refractivity contribution in [2.45, 2.75) is 6.92 Å². The first kappa shape index (κ1) is 10.5. The summed E-state index contributed by atoms with van der Waals surface area (Å²) in [5.41, 5.74) is 2.27. The SMILES string of the molecule is C=Cc1ccccc1/C=C\c1ccc(C)o1. The van der Waals surface area contributed by atoms with Gasteiger partial charge in [0.05, 0.1) is 0 Å². The molecule has 0 aliphatic carbocycles. The molecule has 0 unspecified atom stereocenters. The highest BCUT2D eigenvalue weighted by Gasteiger charge is 1.95. The minimum Gasteiger partial charge on any atom is -0.462 e. The van der Waals surface area contributed by atoms with Crippen molar-refractivity contribution in [3.05, 3.63) is 65.6 Å².